The number of phenols is 5. The van der Waals surface area contributed by atoms with Crippen LogP contribution in [0.4, 0.5) is 4.39 Å². The molecule has 0 radical (unpaired) electrons. The van der Waals surface area contributed by atoms with E-state index in [2.05, 4.69) is 142 Å². The third-order valence-corrected chi connectivity index (χ3v) is 23.4. The van der Waals surface area contributed by atoms with Gasteiger partial charge in [0.05, 0.1) is 49.8 Å². The van der Waals surface area contributed by atoms with E-state index in [1.165, 1.54) is 73.8 Å². The Hall–Kier alpha value is -1.85. The van der Waals surface area contributed by atoms with E-state index in [4.69, 9.17) is 126 Å². The van der Waals surface area contributed by atoms with Gasteiger partial charge in [0.15, 0.2) is 34.5 Å². The second-order valence-electron chi connectivity index (χ2n) is 26.6. The molecule has 17 nitrogen and oxygen atoms in total. The van der Waals surface area contributed by atoms with Crippen molar-refractivity contribution in [3.63, 3.8) is 0 Å². The van der Waals surface area contributed by atoms with Gasteiger partial charge in [-0.25, -0.2) is 4.39 Å². The van der Waals surface area contributed by atoms with E-state index in [1.54, 1.807) is 97.3 Å². The zero-order valence-corrected chi connectivity index (χ0v) is 91.7. The number of aromatic hydroxyl groups is 5. The minimum atomic E-state index is -0.556. The Morgan fingerprint density at radius 1 is 0.287 bits per heavy atom. The van der Waals surface area contributed by atoms with Gasteiger partial charge in [-0.2, -0.15) is 0 Å². The van der Waals surface area contributed by atoms with Gasteiger partial charge < -0.3 is 83.2 Å². The molecule has 10 rings (SSSR count). The van der Waals surface area contributed by atoms with E-state index in [1.807, 2.05) is 81.6 Å². The van der Waals surface area contributed by atoms with Gasteiger partial charge >= 0.3 is 178 Å². The molecular weight excluding hydrogens is 2040 g/mol. The van der Waals surface area contributed by atoms with Crippen LogP contribution >= 0.6 is 136 Å². The summed E-state index contributed by atoms with van der Waals surface area (Å²) in [6.07, 6.45) is 0. The first kappa shape index (κ1) is 118. The van der Waals surface area contributed by atoms with Gasteiger partial charge in [-0.3, -0.25) is 0 Å². The standard InChI is InChI=1S/C17H21FNO3P.C17H22NO3P.2C17H22NO2P.C16H20NO2P.10ClH.5Ti/c1-19(2)10-11-7-12(18)5-6-15(11)23-16-9-13(21-3)8-14(22-4)17(16)20;1-18(2)11-12-7-5-6-8-15(12)22-16-10-13(20-3)9-14(21-4)17(16)19;1-12-5-8-16(13(9-12)11-18(2)3)21-17-10-14(20-4)6-7-15(17)19;1-12-7-5-8-13(11-18(2)3)17(12)21-15-10-6-9-14(20-4)16(15)19;1-17(2)11-12-6-4-5-7-15(12)20-16-10-13(19-3)8-9-14(16)18;;;;;;;;;;;;;;;/h5-9,20,23H,10H2,1-4H3;5-10,19,22H,11H2,1-4H3;2*5-10,19,21H,11H2,1-4H3;4-10,18,20H,11H2,1-3H3;10*1H;;;;;/q;;;;;;;;;;;;;;;5*+2/p-10. The molecule has 10 aromatic carbocycles. The number of halogens is 11. The number of hydrogen-bond donors (Lipinski definition) is 5. The molecule has 0 heterocycles. The summed E-state index contributed by atoms with van der Waals surface area (Å²) in [4.78, 5) is 10.6. The number of para-hydroxylation sites is 1. The Morgan fingerprint density at radius 3 is 0.984 bits per heavy atom. The SMILES string of the molecule is COc1cc(OC)c(O)c(Pc2ccc(F)cc2CN(C)C)c1.COc1cc(OC)c(O)c(Pc2ccccc2CN(C)C)c1.COc1ccc(O)c(Pc2ccc(C)cc2CN(C)C)c1.COc1ccc(O)c(Pc2ccccc2CN(C)C)c1.COc1cccc(Pc2c(C)cccc2CN(C)C)c1O.[Cl][Ti][Cl].[Cl][Ti][Cl].[Cl][Ti][Cl].[Cl][Ti][Cl].[Cl][Ti][Cl]. The van der Waals surface area contributed by atoms with Crippen LogP contribution in [0.2, 0.25) is 0 Å². The van der Waals surface area contributed by atoms with Crippen molar-refractivity contribution in [1.29, 1.82) is 0 Å². The molecule has 0 saturated carbocycles. The van der Waals surface area contributed by atoms with Gasteiger partial charge in [0.2, 0.25) is 0 Å². The predicted octanol–water partition coefficient (Wildman–Crippen LogP) is 18.1. The number of aryl methyl sites for hydroxylation is 2. The van der Waals surface area contributed by atoms with E-state index in [0.29, 0.717) is 86.4 Å². The number of rotatable bonds is 27. The molecule has 5 unspecified atom stereocenters. The van der Waals surface area contributed by atoms with Crippen LogP contribution in [0, 0.1) is 19.7 Å². The zero-order chi connectivity index (χ0) is 92.0. The monoisotopic (exact) mass is 2140 g/mol. The molecule has 0 fully saturated rings. The molecule has 0 bridgehead atoms. The predicted molar refractivity (Wildman–Crippen MR) is 511 cm³/mol. The van der Waals surface area contributed by atoms with Crippen LogP contribution in [0.5, 0.6) is 69.0 Å². The molecule has 0 aliphatic heterocycles. The quantitative estimate of drug-likeness (QED) is 0.0242. The van der Waals surface area contributed by atoms with Crippen LogP contribution in [-0.2, 0) is 118 Å². The van der Waals surface area contributed by atoms with Crippen LogP contribution < -0.4 is 86.2 Å². The van der Waals surface area contributed by atoms with Crippen LogP contribution in [0.1, 0.15) is 38.9 Å². The molecule has 38 heteroatoms. The summed E-state index contributed by atoms with van der Waals surface area (Å²) >= 11 is -2.78. The average molecular weight is 2150 g/mol. The number of methoxy groups -OCH3 is 7. The van der Waals surface area contributed by atoms with Gasteiger partial charge in [-0.1, -0.05) is 152 Å². The summed E-state index contributed by atoms with van der Waals surface area (Å²) < 4.78 is 50.2. The molecule has 0 saturated heterocycles. The first-order valence-corrected chi connectivity index (χ1v) is 62.7. The molecule has 5 N–H and O–H groups in total. The van der Waals surface area contributed by atoms with Crippen LogP contribution in [-0.4, -0.2) is 170 Å². The van der Waals surface area contributed by atoms with Crippen molar-refractivity contribution >= 4 is 189 Å². The number of ether oxygens (including phenoxy) is 7. The third kappa shape index (κ3) is 46.8. The van der Waals surface area contributed by atoms with E-state index in [9.17, 15) is 29.9 Å². The molecule has 0 aromatic heterocycles. The summed E-state index contributed by atoms with van der Waals surface area (Å²) in [5.74, 6) is 5.08. The molecule has 10 aromatic rings. The molecule has 0 spiro atoms. The zero-order valence-electron chi connectivity index (χ0n) is 71.3. The fourth-order valence-corrected chi connectivity index (χ4v) is 17.2. The third-order valence-electron chi connectivity index (χ3n) is 16.1. The van der Waals surface area contributed by atoms with E-state index in [-0.39, 0.29) is 31.6 Å². The minimum absolute atomic E-state index is 0.0896. The first-order chi connectivity index (χ1) is 58.2. The topological polar surface area (TPSA) is 182 Å². The van der Waals surface area contributed by atoms with E-state index >= 15 is 0 Å². The van der Waals surface area contributed by atoms with E-state index < -0.39 is 85.2 Å². The number of nitrogens with zero attached hydrogens (tertiary/aromatic N) is 5. The molecule has 662 valence electrons. The van der Waals surface area contributed by atoms with Crippen LogP contribution in [0.3, 0.4) is 0 Å². The summed E-state index contributed by atoms with van der Waals surface area (Å²) in [7, 11) is 82.1. The Labute approximate surface area is 814 Å². The Balaban J connectivity index is 0.000000731. The fourth-order valence-electron chi connectivity index (χ4n) is 11.0. The molecule has 0 aliphatic rings. The maximum absolute atomic E-state index is 13.5. The molecule has 5 atom stereocenters. The second-order valence-corrected chi connectivity index (χ2v) is 46.1. The number of phenolic OH excluding ortho intramolecular Hbond substituents is 5. The van der Waals surface area contributed by atoms with Crippen LogP contribution in [0.15, 0.2) is 182 Å². The van der Waals surface area contributed by atoms with Crippen molar-refractivity contribution in [3.8, 4) is 69.0 Å². The Kier molecular flexibility index (Phi) is 66.9. The first-order valence-electron chi connectivity index (χ1n) is 36.2. The van der Waals surface area contributed by atoms with Gasteiger partial charge in [0, 0.05) is 71.4 Å². The van der Waals surface area contributed by atoms with Gasteiger partial charge in [0.1, 0.15) is 40.3 Å². The number of benzene rings is 10. The summed E-state index contributed by atoms with van der Waals surface area (Å²) in [5.41, 5.74) is 8.57. The van der Waals surface area contributed by atoms with Crippen molar-refractivity contribution < 1.29 is 148 Å². The molecule has 0 amide bonds. The van der Waals surface area contributed by atoms with Gasteiger partial charge in [0.25, 0.3) is 0 Å². The van der Waals surface area contributed by atoms with E-state index in [0.717, 1.165) is 69.8 Å². The molecular formula is C84H107Cl10FN5O12P5Ti5. The van der Waals surface area contributed by atoms with Crippen LogP contribution in [0.25, 0.3) is 0 Å². The normalized spacial score (nSPS) is 10.6. The second kappa shape index (κ2) is 69.1. The summed E-state index contributed by atoms with van der Waals surface area (Å²) in [6.45, 7) is 8.41. The molecule has 0 aliphatic carbocycles. The van der Waals surface area contributed by atoms with Crippen molar-refractivity contribution in [2.45, 2.75) is 46.6 Å². The molecule has 122 heavy (non-hydrogen) atoms. The number of hydrogen-bond acceptors (Lipinski definition) is 17. The Bertz CT molecular complexity index is 4630. The summed E-state index contributed by atoms with van der Waals surface area (Å²) in [6, 6.07) is 57.6. The van der Waals surface area contributed by atoms with Crippen molar-refractivity contribution in [2.24, 2.45) is 0 Å². The average Bonchev–Trinajstić information content (AvgIpc) is 0.859. The van der Waals surface area contributed by atoms with Crippen molar-refractivity contribution in [1.82, 2.24) is 24.5 Å². The van der Waals surface area contributed by atoms with Crippen molar-refractivity contribution in [2.75, 3.05) is 120 Å². The summed E-state index contributed by atoms with van der Waals surface area (Å²) in [5, 5.41) is 61.3. The van der Waals surface area contributed by atoms with Gasteiger partial charge in [-0.15, -0.1) is 0 Å². The Morgan fingerprint density at radius 2 is 0.598 bits per heavy atom. The fraction of sp³-hybridized carbons (Fsp3) is 0.286. The van der Waals surface area contributed by atoms with Gasteiger partial charge in [-0.05, 0) is 211 Å². The van der Waals surface area contributed by atoms with Crippen molar-refractivity contribution in [3.05, 3.63) is 227 Å². The maximum atomic E-state index is 13.5.